The maximum Gasteiger partial charge on any atom is 0.306 e. The molecular weight excluding hydrogens is 174 g/mol. The van der Waals surface area contributed by atoms with Gasteiger partial charge in [0.15, 0.2) is 0 Å². The summed E-state index contributed by atoms with van der Waals surface area (Å²) >= 11 is 0. The lowest BCUT2D eigenvalue weighted by Crippen LogP contribution is -2.28. The fourth-order valence-corrected chi connectivity index (χ4v) is 1.41. The Labute approximate surface area is 89.5 Å². The van der Waals surface area contributed by atoms with E-state index >= 15 is 0 Å². The quantitative estimate of drug-likeness (QED) is 0.637. The Morgan fingerprint density at radius 2 is 1.93 bits per heavy atom. The molecule has 3 radical (unpaired) electrons. The molecule has 0 fully saturated rings. The van der Waals surface area contributed by atoms with Crippen molar-refractivity contribution in [2.24, 2.45) is 17.3 Å². The van der Waals surface area contributed by atoms with Crippen LogP contribution in [0.5, 0.6) is 0 Å². The van der Waals surface area contributed by atoms with E-state index < -0.39 is 0 Å². The van der Waals surface area contributed by atoms with Crippen LogP contribution in [-0.2, 0) is 9.45 Å². The molecule has 0 rings (SSSR count). The minimum atomic E-state index is -0.225. The van der Waals surface area contributed by atoms with Crippen molar-refractivity contribution in [3.63, 3.8) is 0 Å². The molecule has 0 heterocycles. The second-order valence-corrected chi connectivity index (χ2v) is 5.19. The van der Waals surface area contributed by atoms with Crippen LogP contribution in [0.3, 0.4) is 0 Å². The summed E-state index contributed by atoms with van der Waals surface area (Å²) in [7, 11) is 6.02. The molecule has 4 heteroatoms. The van der Waals surface area contributed by atoms with Crippen molar-refractivity contribution in [2.75, 3.05) is 0 Å². The minimum absolute atomic E-state index is 0.0743. The van der Waals surface area contributed by atoms with E-state index in [1.807, 2.05) is 13.8 Å². The van der Waals surface area contributed by atoms with E-state index in [1.54, 1.807) is 0 Å². The molecule has 2 nitrogen and oxygen atoms in total. The molecule has 1 unspecified atom stereocenters. The van der Waals surface area contributed by atoms with Gasteiger partial charge in [0.25, 0.3) is 5.97 Å². The van der Waals surface area contributed by atoms with Crippen LogP contribution >= 0.6 is 0 Å². The SMILES string of the molecule is [B][B]OC(=O)C(CC(C)(C)C)C(C)C. The van der Waals surface area contributed by atoms with E-state index in [9.17, 15) is 4.79 Å². The standard InChI is InChI=1S/C10H19B2O2/c1-7(2)8(6-10(3,4)5)9(13)14-12-11/h7-8H,6H2,1-5H3. The number of carbonyl (C=O) groups excluding carboxylic acids is 1. The van der Waals surface area contributed by atoms with Gasteiger partial charge in [-0.15, -0.1) is 0 Å². The van der Waals surface area contributed by atoms with Gasteiger partial charge in [0, 0.05) is 0 Å². The van der Waals surface area contributed by atoms with Gasteiger partial charge in [-0.3, -0.25) is 4.79 Å². The lowest BCUT2D eigenvalue weighted by Gasteiger charge is -2.27. The van der Waals surface area contributed by atoms with Crippen LogP contribution in [-0.4, -0.2) is 21.1 Å². The molecule has 1 atom stereocenters. The minimum Gasteiger partial charge on any atom is -0.550 e. The van der Waals surface area contributed by atoms with E-state index in [2.05, 4.69) is 20.8 Å². The summed E-state index contributed by atoms with van der Waals surface area (Å²) in [4.78, 5) is 11.5. The van der Waals surface area contributed by atoms with Crippen LogP contribution in [0.4, 0.5) is 0 Å². The van der Waals surface area contributed by atoms with Crippen LogP contribution in [0.1, 0.15) is 41.0 Å². The second kappa shape index (κ2) is 5.47. The van der Waals surface area contributed by atoms with Gasteiger partial charge in [0.2, 0.25) is 0 Å². The van der Waals surface area contributed by atoms with Gasteiger partial charge in [-0.05, 0) is 17.8 Å². The first-order chi connectivity index (χ1) is 6.28. The molecule has 77 valence electrons. The van der Waals surface area contributed by atoms with E-state index in [1.165, 1.54) is 0 Å². The molecule has 0 amide bonds. The molecule has 0 aliphatic heterocycles. The van der Waals surface area contributed by atoms with E-state index in [-0.39, 0.29) is 23.2 Å². The fraction of sp³-hybridized carbons (Fsp3) is 0.900. The predicted octanol–water partition coefficient (Wildman–Crippen LogP) is 1.94. The molecule has 0 aliphatic rings. The Morgan fingerprint density at radius 3 is 2.21 bits per heavy atom. The maximum absolute atomic E-state index is 11.5. The molecular formula is C10H19B2O2. The number of hydrogen-bond acceptors (Lipinski definition) is 2. The van der Waals surface area contributed by atoms with Crippen molar-refractivity contribution in [2.45, 2.75) is 41.0 Å². The average molecular weight is 193 g/mol. The highest BCUT2D eigenvalue weighted by molar-refractivity contribution is 6.86. The highest BCUT2D eigenvalue weighted by Crippen LogP contribution is 2.29. The molecule has 0 N–H and O–H groups in total. The monoisotopic (exact) mass is 193 g/mol. The van der Waals surface area contributed by atoms with Crippen molar-refractivity contribution in [3.8, 4) is 0 Å². The number of hydrogen-bond donors (Lipinski definition) is 0. The number of rotatable bonds is 4. The Bertz CT molecular complexity index is 185. The molecule has 0 aromatic heterocycles. The molecule has 0 aromatic rings. The van der Waals surface area contributed by atoms with Gasteiger partial charge in [0.05, 0.1) is 13.7 Å². The topological polar surface area (TPSA) is 26.3 Å². The molecule has 0 saturated heterocycles. The third-order valence-electron chi connectivity index (χ3n) is 2.12. The van der Waals surface area contributed by atoms with Crippen molar-refractivity contribution >= 4 is 21.1 Å². The molecule has 0 spiro atoms. The lowest BCUT2D eigenvalue weighted by molar-refractivity contribution is -0.141. The van der Waals surface area contributed by atoms with Crippen molar-refractivity contribution < 1.29 is 9.45 Å². The van der Waals surface area contributed by atoms with Gasteiger partial charge in [-0.1, -0.05) is 34.6 Å². The normalized spacial score (nSPS) is 13.9. The maximum atomic E-state index is 11.5. The highest BCUT2D eigenvalue weighted by atomic mass is 16.5. The first-order valence-corrected chi connectivity index (χ1v) is 5.02. The van der Waals surface area contributed by atoms with Crippen molar-refractivity contribution in [3.05, 3.63) is 0 Å². The zero-order valence-corrected chi connectivity index (χ0v) is 9.83. The highest BCUT2D eigenvalue weighted by Gasteiger charge is 2.28. The van der Waals surface area contributed by atoms with Gasteiger partial charge in [-0.2, -0.15) is 0 Å². The molecule has 0 saturated carbocycles. The largest absolute Gasteiger partial charge is 0.550 e. The zero-order chi connectivity index (χ0) is 11.4. The molecule has 0 aromatic carbocycles. The summed E-state index contributed by atoms with van der Waals surface area (Å²) in [5.41, 5.74) is 0.128. The Balaban J connectivity index is 4.37. The Hall–Kier alpha value is -0.400. The van der Waals surface area contributed by atoms with Crippen molar-refractivity contribution in [1.82, 2.24) is 0 Å². The molecule has 0 aliphatic carbocycles. The number of carbonyl (C=O) groups is 1. The van der Waals surface area contributed by atoms with Crippen LogP contribution < -0.4 is 0 Å². The van der Waals surface area contributed by atoms with Crippen LogP contribution in [0.15, 0.2) is 0 Å². The average Bonchev–Trinajstić information content (AvgIpc) is 1.98. The first kappa shape index (κ1) is 13.6. The summed E-state index contributed by atoms with van der Waals surface area (Å²) in [6.45, 7) is 10.4. The predicted molar refractivity (Wildman–Crippen MR) is 60.0 cm³/mol. The van der Waals surface area contributed by atoms with Gasteiger partial charge in [0.1, 0.15) is 0 Å². The smallest absolute Gasteiger partial charge is 0.306 e. The van der Waals surface area contributed by atoms with Crippen LogP contribution in [0, 0.1) is 17.3 Å². The first-order valence-electron chi connectivity index (χ1n) is 5.02. The third kappa shape index (κ3) is 5.36. The molecule has 14 heavy (non-hydrogen) atoms. The van der Waals surface area contributed by atoms with Gasteiger partial charge < -0.3 is 4.65 Å². The summed E-state index contributed by atoms with van der Waals surface area (Å²) in [6, 6.07) is 0. The summed E-state index contributed by atoms with van der Waals surface area (Å²) in [5.74, 6) is -0.0195. The summed E-state index contributed by atoms with van der Waals surface area (Å²) in [5, 5.41) is 0. The summed E-state index contributed by atoms with van der Waals surface area (Å²) in [6.07, 6.45) is 0.817. The Kier molecular flexibility index (Phi) is 5.32. The third-order valence-corrected chi connectivity index (χ3v) is 2.12. The van der Waals surface area contributed by atoms with E-state index in [0.29, 0.717) is 0 Å². The fourth-order valence-electron chi connectivity index (χ4n) is 1.41. The summed E-state index contributed by atoms with van der Waals surface area (Å²) < 4.78 is 4.73. The van der Waals surface area contributed by atoms with Gasteiger partial charge in [-0.25, -0.2) is 0 Å². The van der Waals surface area contributed by atoms with Crippen molar-refractivity contribution in [1.29, 1.82) is 0 Å². The van der Waals surface area contributed by atoms with Crippen LogP contribution in [0.25, 0.3) is 0 Å². The second-order valence-electron chi connectivity index (χ2n) is 5.19. The Morgan fingerprint density at radius 1 is 1.43 bits per heavy atom. The van der Waals surface area contributed by atoms with E-state index in [0.717, 1.165) is 13.8 Å². The lowest BCUT2D eigenvalue weighted by atomic mass is 9.71. The van der Waals surface area contributed by atoms with E-state index in [4.69, 9.17) is 12.4 Å². The van der Waals surface area contributed by atoms with Crippen LogP contribution in [0.2, 0.25) is 0 Å². The zero-order valence-electron chi connectivity index (χ0n) is 9.83. The molecule has 0 bridgehead atoms. The van der Waals surface area contributed by atoms with Gasteiger partial charge >= 0.3 is 7.37 Å².